The summed E-state index contributed by atoms with van der Waals surface area (Å²) in [6, 6.07) is 9.83. The molecule has 0 saturated heterocycles. The summed E-state index contributed by atoms with van der Waals surface area (Å²) < 4.78 is 6.75. The number of hydrogen-bond donors (Lipinski definition) is 3. The van der Waals surface area contributed by atoms with E-state index >= 15 is 0 Å². The van der Waals surface area contributed by atoms with Crippen LogP contribution in [0.25, 0.3) is 0 Å². The molecule has 1 atom stereocenters. The molecule has 0 bridgehead atoms. The average molecular weight is 527 g/mol. The summed E-state index contributed by atoms with van der Waals surface area (Å²) in [5.41, 5.74) is 1.34. The summed E-state index contributed by atoms with van der Waals surface area (Å²) in [7, 11) is 1.53. The van der Waals surface area contributed by atoms with Crippen molar-refractivity contribution >= 4 is 35.0 Å². The van der Waals surface area contributed by atoms with Crippen LogP contribution in [-0.4, -0.2) is 56.1 Å². The number of aryl methyl sites for hydroxylation is 1. The quantitative estimate of drug-likeness (QED) is 0.139. The fourth-order valence-electron chi connectivity index (χ4n) is 3.36. The standard InChI is InChI=1S/C24H26N6O6S/c1-4-11-29-22(20(13-31)26-23(33)16-5-8-18(36-3)9-6-16)27-28-24(29)37-14-21(32)25-19-10-7-17(30(34)35)12-15(19)2/h4-10,12,20,31H,1,11,13-14H2,2-3H3,(H,25,32)(H,26,33). The molecule has 0 aliphatic heterocycles. The van der Waals surface area contributed by atoms with Crippen LogP contribution in [0.3, 0.4) is 0 Å². The molecule has 2 amide bonds. The molecule has 0 aliphatic rings. The molecule has 3 aromatic rings. The van der Waals surface area contributed by atoms with Gasteiger partial charge < -0.3 is 25.0 Å². The number of nitrogens with one attached hydrogen (secondary N) is 2. The van der Waals surface area contributed by atoms with E-state index in [9.17, 15) is 24.8 Å². The molecule has 12 nitrogen and oxygen atoms in total. The predicted molar refractivity (Wildman–Crippen MR) is 138 cm³/mol. The summed E-state index contributed by atoms with van der Waals surface area (Å²) in [4.78, 5) is 35.6. The number of allylic oxidation sites excluding steroid dienone is 1. The van der Waals surface area contributed by atoms with E-state index in [1.807, 2.05) is 0 Å². The van der Waals surface area contributed by atoms with E-state index in [0.29, 0.717) is 33.5 Å². The Morgan fingerprint density at radius 1 is 1.27 bits per heavy atom. The lowest BCUT2D eigenvalue weighted by atomic mass is 10.2. The van der Waals surface area contributed by atoms with Crippen LogP contribution >= 0.6 is 11.8 Å². The molecule has 3 N–H and O–H groups in total. The van der Waals surface area contributed by atoms with Gasteiger partial charge in [-0.25, -0.2) is 0 Å². The Morgan fingerprint density at radius 2 is 2.00 bits per heavy atom. The van der Waals surface area contributed by atoms with E-state index < -0.39 is 23.5 Å². The zero-order chi connectivity index (χ0) is 26.9. The summed E-state index contributed by atoms with van der Waals surface area (Å²) in [5.74, 6) is 0.132. The smallest absolute Gasteiger partial charge is 0.269 e. The maximum atomic E-state index is 12.7. The molecule has 1 aromatic heterocycles. The van der Waals surface area contributed by atoms with Gasteiger partial charge in [-0.3, -0.25) is 19.7 Å². The zero-order valence-electron chi connectivity index (χ0n) is 20.2. The second-order valence-corrected chi connectivity index (χ2v) is 8.71. The molecule has 13 heteroatoms. The highest BCUT2D eigenvalue weighted by molar-refractivity contribution is 7.99. The molecular weight excluding hydrogens is 500 g/mol. The molecule has 1 heterocycles. The first-order valence-electron chi connectivity index (χ1n) is 11.0. The number of rotatable bonds is 12. The number of amides is 2. The van der Waals surface area contributed by atoms with Gasteiger partial charge in [-0.05, 0) is 42.8 Å². The number of nitro benzene ring substituents is 1. The van der Waals surface area contributed by atoms with E-state index in [2.05, 4.69) is 27.4 Å². The topological polar surface area (TPSA) is 162 Å². The lowest BCUT2D eigenvalue weighted by Gasteiger charge is -2.17. The summed E-state index contributed by atoms with van der Waals surface area (Å²) >= 11 is 1.11. The van der Waals surface area contributed by atoms with Crippen molar-refractivity contribution < 1.29 is 24.4 Å². The largest absolute Gasteiger partial charge is 0.497 e. The van der Waals surface area contributed by atoms with E-state index in [4.69, 9.17) is 4.74 Å². The minimum atomic E-state index is -0.854. The molecule has 37 heavy (non-hydrogen) atoms. The molecule has 1 unspecified atom stereocenters. The van der Waals surface area contributed by atoms with Crippen molar-refractivity contribution in [2.24, 2.45) is 0 Å². The number of carbonyl (C=O) groups excluding carboxylic acids is 2. The van der Waals surface area contributed by atoms with Crippen molar-refractivity contribution in [2.45, 2.75) is 24.7 Å². The van der Waals surface area contributed by atoms with Crippen molar-refractivity contribution in [1.29, 1.82) is 0 Å². The highest BCUT2D eigenvalue weighted by Crippen LogP contribution is 2.24. The number of aromatic nitrogens is 3. The molecule has 0 radical (unpaired) electrons. The van der Waals surface area contributed by atoms with Gasteiger partial charge in [0, 0.05) is 29.9 Å². The van der Waals surface area contributed by atoms with Gasteiger partial charge in [0.25, 0.3) is 11.6 Å². The van der Waals surface area contributed by atoms with Gasteiger partial charge in [-0.15, -0.1) is 16.8 Å². The van der Waals surface area contributed by atoms with Gasteiger partial charge in [-0.1, -0.05) is 17.8 Å². The monoisotopic (exact) mass is 526 g/mol. The third kappa shape index (κ3) is 6.92. The van der Waals surface area contributed by atoms with Crippen LogP contribution in [0.15, 0.2) is 60.3 Å². The van der Waals surface area contributed by atoms with Gasteiger partial charge in [-0.2, -0.15) is 0 Å². The van der Waals surface area contributed by atoms with Crippen molar-refractivity contribution in [3.8, 4) is 5.75 Å². The van der Waals surface area contributed by atoms with E-state index in [1.54, 1.807) is 41.8 Å². The number of hydrogen-bond acceptors (Lipinski definition) is 9. The molecule has 2 aromatic carbocycles. The normalized spacial score (nSPS) is 11.4. The molecule has 3 rings (SSSR count). The summed E-state index contributed by atoms with van der Waals surface area (Å²) in [6.07, 6.45) is 1.61. The Kier molecular flexibility index (Phi) is 9.35. The highest BCUT2D eigenvalue weighted by Gasteiger charge is 2.23. The third-order valence-electron chi connectivity index (χ3n) is 5.24. The maximum absolute atomic E-state index is 12.7. The number of nitrogens with zero attached hydrogens (tertiary/aromatic N) is 4. The number of non-ortho nitro benzene ring substituents is 1. The second kappa shape index (κ2) is 12.6. The number of nitro groups is 1. The first-order valence-corrected chi connectivity index (χ1v) is 12.0. The first-order chi connectivity index (χ1) is 17.8. The fourth-order valence-corrected chi connectivity index (χ4v) is 4.11. The zero-order valence-corrected chi connectivity index (χ0v) is 21.0. The average Bonchev–Trinajstić information content (AvgIpc) is 3.29. The van der Waals surface area contributed by atoms with Gasteiger partial charge in [0.15, 0.2) is 11.0 Å². The second-order valence-electron chi connectivity index (χ2n) is 7.77. The Hall–Kier alpha value is -4.23. The number of aliphatic hydroxyl groups is 1. The van der Waals surface area contributed by atoms with Crippen molar-refractivity contribution in [1.82, 2.24) is 20.1 Å². The van der Waals surface area contributed by atoms with Crippen LogP contribution in [0, 0.1) is 17.0 Å². The van der Waals surface area contributed by atoms with Crippen LogP contribution in [0.2, 0.25) is 0 Å². The van der Waals surface area contributed by atoms with Gasteiger partial charge in [0.1, 0.15) is 11.8 Å². The number of methoxy groups -OCH3 is 1. The van der Waals surface area contributed by atoms with Crippen LogP contribution in [0.5, 0.6) is 5.75 Å². The number of thioether (sulfide) groups is 1. The van der Waals surface area contributed by atoms with E-state index in [1.165, 1.54) is 25.3 Å². The van der Waals surface area contributed by atoms with Crippen LogP contribution in [-0.2, 0) is 11.3 Å². The molecule has 0 fully saturated rings. The van der Waals surface area contributed by atoms with Crippen molar-refractivity contribution in [2.75, 3.05) is 24.8 Å². The number of ether oxygens (including phenoxy) is 1. The molecule has 0 saturated carbocycles. The van der Waals surface area contributed by atoms with Gasteiger partial charge >= 0.3 is 0 Å². The Balaban J connectivity index is 1.69. The van der Waals surface area contributed by atoms with Crippen molar-refractivity contribution in [3.05, 3.63) is 82.2 Å². The molecule has 0 aliphatic carbocycles. The van der Waals surface area contributed by atoms with E-state index in [0.717, 1.165) is 11.8 Å². The van der Waals surface area contributed by atoms with Gasteiger partial charge in [0.05, 0.1) is 24.4 Å². The SMILES string of the molecule is C=CCn1c(SCC(=O)Nc2ccc([N+](=O)[O-])cc2C)nnc1C(CO)NC(=O)c1ccc(OC)cc1. The maximum Gasteiger partial charge on any atom is 0.269 e. The van der Waals surface area contributed by atoms with Crippen LogP contribution in [0.1, 0.15) is 27.8 Å². The fraction of sp³-hybridized carbons (Fsp3) is 0.250. The number of benzene rings is 2. The minimum absolute atomic E-state index is 0.0201. The predicted octanol–water partition coefficient (Wildman–Crippen LogP) is 2.88. The summed E-state index contributed by atoms with van der Waals surface area (Å²) in [5, 5.41) is 35.0. The Bertz CT molecular complexity index is 1290. The number of carbonyl (C=O) groups is 2. The van der Waals surface area contributed by atoms with Crippen molar-refractivity contribution in [3.63, 3.8) is 0 Å². The summed E-state index contributed by atoms with van der Waals surface area (Å²) in [6.45, 7) is 5.25. The van der Waals surface area contributed by atoms with Gasteiger partial charge in [0.2, 0.25) is 5.91 Å². The molecule has 0 spiro atoms. The molecule has 194 valence electrons. The number of aliphatic hydroxyl groups excluding tert-OH is 1. The Morgan fingerprint density at radius 3 is 2.59 bits per heavy atom. The minimum Gasteiger partial charge on any atom is -0.497 e. The van der Waals surface area contributed by atoms with Crippen LogP contribution in [0.4, 0.5) is 11.4 Å². The van der Waals surface area contributed by atoms with Crippen LogP contribution < -0.4 is 15.4 Å². The number of anilines is 1. The first kappa shape index (κ1) is 27.4. The lowest BCUT2D eigenvalue weighted by Crippen LogP contribution is -2.33. The van der Waals surface area contributed by atoms with E-state index in [-0.39, 0.29) is 23.9 Å². The lowest BCUT2D eigenvalue weighted by molar-refractivity contribution is -0.384. The Labute approximate surface area is 216 Å². The molecular formula is C24H26N6O6S. The third-order valence-corrected chi connectivity index (χ3v) is 6.20. The highest BCUT2D eigenvalue weighted by atomic mass is 32.2.